The number of rotatable bonds is 5. The molecular weight excluding hydrogens is 354 g/mol. The number of nitrogens with zero attached hydrogens (tertiary/aromatic N) is 2. The second-order valence-corrected chi connectivity index (χ2v) is 6.21. The Balaban J connectivity index is 1.93. The maximum atomic E-state index is 12.5. The molecule has 1 aromatic heterocycles. The van der Waals surface area contributed by atoms with Gasteiger partial charge in [-0.1, -0.05) is 23.9 Å². The van der Waals surface area contributed by atoms with Crippen molar-refractivity contribution in [3.8, 4) is 11.8 Å². The van der Waals surface area contributed by atoms with Gasteiger partial charge in [0.2, 0.25) is 5.91 Å². The van der Waals surface area contributed by atoms with Gasteiger partial charge in [0.05, 0.1) is 31.4 Å². The van der Waals surface area contributed by atoms with Crippen molar-refractivity contribution in [2.75, 3.05) is 17.8 Å². The molecule has 1 fully saturated rings. The minimum Gasteiger partial charge on any atom is -0.495 e. The lowest BCUT2D eigenvalue weighted by Crippen LogP contribution is -2.29. The summed E-state index contributed by atoms with van der Waals surface area (Å²) in [6.07, 6.45) is 1.50. The number of furan rings is 1. The fraction of sp³-hybridized carbons (Fsp3) is 0.167. The molecule has 1 aliphatic rings. The third-order valence-electron chi connectivity index (χ3n) is 3.67. The first-order valence-corrected chi connectivity index (χ1v) is 8.68. The van der Waals surface area contributed by atoms with Crippen LogP contribution in [-0.4, -0.2) is 24.7 Å². The average molecular weight is 369 g/mol. The Labute approximate surface area is 154 Å². The number of carbonyl (C=O) groups excluding carboxylic acids is 2. The first kappa shape index (κ1) is 17.6. The highest BCUT2D eigenvalue weighted by atomic mass is 32.2. The van der Waals surface area contributed by atoms with Gasteiger partial charge in [-0.05, 0) is 24.3 Å². The quantitative estimate of drug-likeness (QED) is 0.642. The molecule has 1 saturated heterocycles. The van der Waals surface area contributed by atoms with E-state index < -0.39 is 5.91 Å². The van der Waals surface area contributed by atoms with Gasteiger partial charge in [-0.25, -0.2) is 0 Å². The van der Waals surface area contributed by atoms with Crippen LogP contribution in [0.5, 0.6) is 5.75 Å². The molecule has 2 heterocycles. The van der Waals surface area contributed by atoms with E-state index in [2.05, 4.69) is 5.32 Å². The van der Waals surface area contributed by atoms with Crippen molar-refractivity contribution in [2.45, 2.75) is 6.54 Å². The first-order valence-electron chi connectivity index (χ1n) is 7.69. The van der Waals surface area contributed by atoms with Gasteiger partial charge < -0.3 is 14.5 Å². The lowest BCUT2D eigenvalue weighted by atomic mass is 10.2. The highest BCUT2D eigenvalue weighted by Gasteiger charge is 2.34. The zero-order valence-electron chi connectivity index (χ0n) is 13.9. The van der Waals surface area contributed by atoms with Crippen molar-refractivity contribution >= 4 is 29.3 Å². The van der Waals surface area contributed by atoms with Gasteiger partial charge in [-0.2, -0.15) is 5.26 Å². The number of nitrogens with one attached hydrogen (secondary N) is 1. The maximum absolute atomic E-state index is 12.5. The number of thioether (sulfide) groups is 1. The number of ether oxygens (including phenoxy) is 1. The number of carbonyl (C=O) groups is 2. The van der Waals surface area contributed by atoms with Crippen LogP contribution in [0.25, 0.3) is 0 Å². The van der Waals surface area contributed by atoms with E-state index in [9.17, 15) is 14.9 Å². The summed E-state index contributed by atoms with van der Waals surface area (Å²) in [7, 11) is 1.50. The molecule has 0 bridgehead atoms. The number of hydrogen-bond acceptors (Lipinski definition) is 6. The summed E-state index contributed by atoms with van der Waals surface area (Å²) in [5.41, 5.74) is 0.366. The van der Waals surface area contributed by atoms with Crippen molar-refractivity contribution in [3.05, 3.63) is 59.0 Å². The summed E-state index contributed by atoms with van der Waals surface area (Å²) in [4.78, 5) is 26.2. The van der Waals surface area contributed by atoms with Crippen LogP contribution in [0.15, 0.2) is 57.7 Å². The molecule has 7 nitrogen and oxygen atoms in total. The summed E-state index contributed by atoms with van der Waals surface area (Å²) in [6.45, 7) is 0.150. The molecule has 0 unspecified atom stereocenters. The standard InChI is InChI=1S/C18H15N3O4S/c1-24-15-7-3-2-6-14(15)21-16(22)11-26-18(21)13(9-19)17(23)20-10-12-5-4-8-25-12/h2-8H,10-11H2,1H3,(H,20,23). The zero-order chi connectivity index (χ0) is 18.5. The predicted octanol–water partition coefficient (Wildman–Crippen LogP) is 2.42. The summed E-state index contributed by atoms with van der Waals surface area (Å²) >= 11 is 1.15. The zero-order valence-corrected chi connectivity index (χ0v) is 14.7. The Morgan fingerprint density at radius 3 is 2.88 bits per heavy atom. The molecule has 1 N–H and O–H groups in total. The van der Waals surface area contributed by atoms with E-state index in [4.69, 9.17) is 9.15 Å². The van der Waals surface area contributed by atoms with Gasteiger partial charge in [-0.3, -0.25) is 14.5 Å². The normalized spacial score (nSPS) is 15.5. The Bertz CT molecular complexity index is 899. The lowest BCUT2D eigenvalue weighted by Gasteiger charge is -2.20. The molecule has 1 aromatic carbocycles. The van der Waals surface area contributed by atoms with Crippen LogP contribution in [0.1, 0.15) is 5.76 Å². The number of amides is 2. The van der Waals surface area contributed by atoms with Crippen molar-refractivity contribution in [1.29, 1.82) is 5.26 Å². The van der Waals surface area contributed by atoms with Gasteiger partial charge in [0.25, 0.3) is 5.91 Å². The average Bonchev–Trinajstić information content (AvgIpc) is 3.31. The minimum absolute atomic E-state index is 0.127. The maximum Gasteiger partial charge on any atom is 0.265 e. The number of hydrogen-bond donors (Lipinski definition) is 1. The lowest BCUT2D eigenvalue weighted by molar-refractivity contribution is -0.117. The van der Waals surface area contributed by atoms with Gasteiger partial charge >= 0.3 is 0 Å². The summed E-state index contributed by atoms with van der Waals surface area (Å²) in [6, 6.07) is 12.3. The van der Waals surface area contributed by atoms with Gasteiger partial charge in [0.1, 0.15) is 28.2 Å². The molecule has 132 valence electrons. The van der Waals surface area contributed by atoms with E-state index in [1.807, 2.05) is 6.07 Å². The van der Waals surface area contributed by atoms with Crippen molar-refractivity contribution in [1.82, 2.24) is 5.32 Å². The molecule has 0 saturated carbocycles. The van der Waals surface area contributed by atoms with Crippen LogP contribution in [0.4, 0.5) is 5.69 Å². The van der Waals surface area contributed by atoms with Gasteiger partial charge in [0.15, 0.2) is 0 Å². The molecule has 26 heavy (non-hydrogen) atoms. The van der Waals surface area contributed by atoms with E-state index in [0.717, 1.165) is 11.8 Å². The Morgan fingerprint density at radius 2 is 2.19 bits per heavy atom. The van der Waals surface area contributed by atoms with Crippen LogP contribution >= 0.6 is 11.8 Å². The number of methoxy groups -OCH3 is 1. The fourth-order valence-corrected chi connectivity index (χ4v) is 3.48. The number of nitriles is 1. The topological polar surface area (TPSA) is 95.6 Å². The van der Waals surface area contributed by atoms with Crippen molar-refractivity contribution < 1.29 is 18.7 Å². The van der Waals surface area contributed by atoms with E-state index in [1.54, 1.807) is 36.4 Å². The second-order valence-electron chi connectivity index (χ2n) is 5.24. The highest BCUT2D eigenvalue weighted by molar-refractivity contribution is 8.04. The van der Waals surface area contributed by atoms with Crippen LogP contribution < -0.4 is 15.0 Å². The van der Waals surface area contributed by atoms with Crippen molar-refractivity contribution in [2.24, 2.45) is 0 Å². The van der Waals surface area contributed by atoms with E-state index >= 15 is 0 Å². The smallest absolute Gasteiger partial charge is 0.265 e. The van der Waals surface area contributed by atoms with Crippen LogP contribution in [0.2, 0.25) is 0 Å². The highest BCUT2D eigenvalue weighted by Crippen LogP contribution is 2.40. The van der Waals surface area contributed by atoms with E-state index in [0.29, 0.717) is 22.2 Å². The van der Waals surface area contributed by atoms with E-state index in [-0.39, 0.29) is 23.8 Å². The SMILES string of the molecule is COc1ccccc1N1C(=O)CSC1=C(C#N)C(=O)NCc1ccco1. The molecule has 2 amide bonds. The Morgan fingerprint density at radius 1 is 1.38 bits per heavy atom. The number of benzene rings is 1. The summed E-state index contributed by atoms with van der Waals surface area (Å²) < 4.78 is 10.5. The van der Waals surface area contributed by atoms with Crippen molar-refractivity contribution in [3.63, 3.8) is 0 Å². The third-order valence-corrected chi connectivity index (χ3v) is 4.72. The molecule has 0 atom stereocenters. The molecule has 2 aromatic rings. The van der Waals surface area contributed by atoms with E-state index in [1.165, 1.54) is 18.3 Å². The van der Waals surface area contributed by atoms with Crippen LogP contribution in [-0.2, 0) is 16.1 Å². The van der Waals surface area contributed by atoms with Crippen LogP contribution in [0.3, 0.4) is 0 Å². The number of para-hydroxylation sites is 2. The molecule has 0 aliphatic carbocycles. The molecule has 0 spiro atoms. The molecular formula is C18H15N3O4S. The first-order chi connectivity index (χ1) is 12.7. The fourth-order valence-electron chi connectivity index (χ4n) is 2.48. The number of anilines is 1. The molecule has 0 radical (unpaired) electrons. The molecule has 3 rings (SSSR count). The summed E-state index contributed by atoms with van der Waals surface area (Å²) in [5.74, 6) is 0.401. The Kier molecular flexibility index (Phi) is 5.29. The second kappa shape index (κ2) is 7.80. The van der Waals surface area contributed by atoms with Gasteiger partial charge in [-0.15, -0.1) is 0 Å². The molecule has 1 aliphatic heterocycles. The van der Waals surface area contributed by atoms with Gasteiger partial charge in [0, 0.05) is 0 Å². The predicted molar refractivity (Wildman–Crippen MR) is 96.1 cm³/mol. The summed E-state index contributed by atoms with van der Waals surface area (Å²) in [5, 5.41) is 12.4. The third kappa shape index (κ3) is 3.43. The van der Waals surface area contributed by atoms with Crippen LogP contribution in [0, 0.1) is 11.3 Å². The Hall–Kier alpha value is -3.18. The largest absolute Gasteiger partial charge is 0.495 e. The molecule has 8 heteroatoms. The monoisotopic (exact) mass is 369 g/mol. The minimum atomic E-state index is -0.569.